The minimum absolute atomic E-state index is 0.0556. The molecule has 5 heteroatoms. The predicted molar refractivity (Wildman–Crippen MR) is 88.2 cm³/mol. The van der Waals surface area contributed by atoms with Crippen molar-refractivity contribution in [2.24, 2.45) is 0 Å². The second-order valence-corrected chi connectivity index (χ2v) is 6.14. The number of nitrogens with zero attached hydrogens (tertiary/aromatic N) is 1. The van der Waals surface area contributed by atoms with Gasteiger partial charge in [-0.25, -0.2) is 0 Å². The number of benzene rings is 1. The number of carbonyl (C=O) groups is 1. The van der Waals surface area contributed by atoms with E-state index >= 15 is 0 Å². The molecule has 0 saturated heterocycles. The maximum absolute atomic E-state index is 12.0. The summed E-state index contributed by atoms with van der Waals surface area (Å²) in [5, 5.41) is 2.88. The summed E-state index contributed by atoms with van der Waals surface area (Å²) in [5.41, 5.74) is 2.64. The number of aryl methyl sites for hydroxylation is 1. The lowest BCUT2D eigenvalue weighted by Crippen LogP contribution is -2.15. The molecule has 1 aromatic heterocycles. The van der Waals surface area contributed by atoms with Gasteiger partial charge in [0.05, 0.1) is 12.1 Å². The van der Waals surface area contributed by atoms with E-state index in [1.165, 1.54) is 0 Å². The summed E-state index contributed by atoms with van der Waals surface area (Å²) in [6.07, 6.45) is 2.00. The monoisotopic (exact) mass is 430 g/mol. The Kier molecular flexibility index (Phi) is 4.93. The molecule has 0 aliphatic rings. The van der Waals surface area contributed by atoms with Gasteiger partial charge in [-0.2, -0.15) is 0 Å². The van der Waals surface area contributed by atoms with Crippen molar-refractivity contribution in [3.05, 3.63) is 55.8 Å². The van der Waals surface area contributed by atoms with Crippen LogP contribution in [0.15, 0.2) is 41.0 Å². The standard InChI is InChI=1S/C14H12BrIN2O/c1-9-3-2-6-17-13(9)8-14(19)18-10-4-5-11(15)12(16)7-10/h2-7H,8H2,1H3,(H,18,19). The van der Waals surface area contributed by atoms with Gasteiger partial charge in [0.25, 0.3) is 0 Å². The Morgan fingerprint density at radius 3 is 2.89 bits per heavy atom. The van der Waals surface area contributed by atoms with Gasteiger partial charge in [0.1, 0.15) is 0 Å². The van der Waals surface area contributed by atoms with Gasteiger partial charge >= 0.3 is 0 Å². The van der Waals surface area contributed by atoms with Crippen molar-refractivity contribution in [2.75, 3.05) is 5.32 Å². The predicted octanol–water partition coefficient (Wildman–Crippen LogP) is 3.94. The van der Waals surface area contributed by atoms with E-state index < -0.39 is 0 Å². The topological polar surface area (TPSA) is 42.0 Å². The molecule has 0 radical (unpaired) electrons. The first kappa shape index (κ1) is 14.5. The highest BCUT2D eigenvalue weighted by Gasteiger charge is 2.08. The number of nitrogens with one attached hydrogen (secondary N) is 1. The molecule has 0 atom stereocenters. The minimum Gasteiger partial charge on any atom is -0.326 e. The Hall–Kier alpha value is -0.950. The summed E-state index contributed by atoms with van der Waals surface area (Å²) in [6.45, 7) is 1.96. The zero-order valence-electron chi connectivity index (χ0n) is 10.3. The highest BCUT2D eigenvalue weighted by Crippen LogP contribution is 2.22. The smallest absolute Gasteiger partial charge is 0.230 e. The van der Waals surface area contributed by atoms with E-state index in [-0.39, 0.29) is 5.91 Å². The number of amides is 1. The van der Waals surface area contributed by atoms with Gasteiger partial charge in [-0.3, -0.25) is 9.78 Å². The van der Waals surface area contributed by atoms with Gasteiger partial charge in [-0.15, -0.1) is 0 Å². The van der Waals surface area contributed by atoms with E-state index in [2.05, 4.69) is 48.8 Å². The Morgan fingerprint density at radius 2 is 2.21 bits per heavy atom. The number of aromatic nitrogens is 1. The average Bonchev–Trinajstić information content (AvgIpc) is 2.37. The Labute approximate surface area is 134 Å². The van der Waals surface area contributed by atoms with E-state index in [9.17, 15) is 4.79 Å². The fourth-order valence-electron chi connectivity index (χ4n) is 1.63. The fraction of sp³-hybridized carbons (Fsp3) is 0.143. The highest BCUT2D eigenvalue weighted by molar-refractivity contribution is 14.1. The minimum atomic E-state index is -0.0556. The number of anilines is 1. The second-order valence-electron chi connectivity index (χ2n) is 4.12. The summed E-state index contributed by atoms with van der Waals surface area (Å²) in [7, 11) is 0. The van der Waals surface area contributed by atoms with E-state index in [4.69, 9.17) is 0 Å². The second kappa shape index (κ2) is 6.47. The fourth-order valence-corrected chi connectivity index (χ4v) is 2.40. The molecule has 0 saturated carbocycles. The van der Waals surface area contributed by atoms with Gasteiger partial charge in [0.15, 0.2) is 0 Å². The van der Waals surface area contributed by atoms with Gasteiger partial charge in [-0.05, 0) is 75.3 Å². The molecule has 1 N–H and O–H groups in total. The molecule has 3 nitrogen and oxygen atoms in total. The number of rotatable bonds is 3. The first-order valence-corrected chi connectivity index (χ1v) is 7.59. The van der Waals surface area contributed by atoms with Crippen molar-refractivity contribution >= 4 is 50.1 Å². The summed E-state index contributed by atoms with van der Waals surface area (Å²) in [4.78, 5) is 16.2. The van der Waals surface area contributed by atoms with Crippen LogP contribution >= 0.6 is 38.5 Å². The van der Waals surface area contributed by atoms with Crippen LogP contribution < -0.4 is 5.32 Å². The lowest BCUT2D eigenvalue weighted by molar-refractivity contribution is -0.115. The van der Waals surface area contributed by atoms with Gasteiger partial charge < -0.3 is 5.32 Å². The van der Waals surface area contributed by atoms with Gasteiger partial charge in [-0.1, -0.05) is 6.07 Å². The Morgan fingerprint density at radius 1 is 1.42 bits per heavy atom. The maximum atomic E-state index is 12.0. The summed E-state index contributed by atoms with van der Waals surface area (Å²) >= 11 is 5.64. The summed E-state index contributed by atoms with van der Waals surface area (Å²) in [6, 6.07) is 9.54. The SMILES string of the molecule is Cc1cccnc1CC(=O)Nc1ccc(Br)c(I)c1. The van der Waals surface area contributed by atoms with Crippen molar-refractivity contribution in [3.63, 3.8) is 0 Å². The lowest BCUT2D eigenvalue weighted by atomic mass is 10.1. The molecule has 98 valence electrons. The van der Waals surface area contributed by atoms with Crippen molar-refractivity contribution in [1.29, 1.82) is 0 Å². The molecule has 0 unspecified atom stereocenters. The third-order valence-electron chi connectivity index (χ3n) is 2.65. The molecule has 0 bridgehead atoms. The Bertz CT molecular complexity index is 616. The number of hydrogen-bond acceptors (Lipinski definition) is 2. The molecule has 1 amide bonds. The molecular formula is C14H12BrIN2O. The molecule has 0 spiro atoms. The van der Waals surface area contributed by atoms with E-state index in [1.54, 1.807) is 6.20 Å². The largest absolute Gasteiger partial charge is 0.326 e. The lowest BCUT2D eigenvalue weighted by Gasteiger charge is -2.07. The summed E-state index contributed by atoms with van der Waals surface area (Å²) in [5.74, 6) is -0.0556. The first-order valence-electron chi connectivity index (χ1n) is 5.71. The average molecular weight is 431 g/mol. The molecule has 0 aliphatic heterocycles. The highest BCUT2D eigenvalue weighted by atomic mass is 127. The van der Waals surface area contributed by atoms with E-state index in [1.807, 2.05) is 37.3 Å². The third-order valence-corrected chi connectivity index (χ3v) is 4.97. The summed E-state index contributed by atoms with van der Waals surface area (Å²) < 4.78 is 2.08. The van der Waals surface area contributed by atoms with Gasteiger partial charge in [0.2, 0.25) is 5.91 Å². The molecule has 0 fully saturated rings. The molecule has 2 aromatic rings. The van der Waals surface area contributed by atoms with Crippen LogP contribution in [0.4, 0.5) is 5.69 Å². The van der Waals surface area contributed by atoms with E-state index in [0.717, 1.165) is 25.0 Å². The van der Waals surface area contributed by atoms with Crippen LogP contribution in [-0.2, 0) is 11.2 Å². The van der Waals surface area contributed by atoms with Crippen molar-refractivity contribution in [1.82, 2.24) is 4.98 Å². The van der Waals surface area contributed by atoms with Crippen LogP contribution in [0.3, 0.4) is 0 Å². The van der Waals surface area contributed by atoms with Crippen LogP contribution in [0, 0.1) is 10.5 Å². The molecule has 2 rings (SSSR count). The van der Waals surface area contributed by atoms with Crippen molar-refractivity contribution in [3.8, 4) is 0 Å². The maximum Gasteiger partial charge on any atom is 0.230 e. The number of carbonyl (C=O) groups excluding carboxylic acids is 1. The van der Waals surface area contributed by atoms with Gasteiger partial charge in [0, 0.05) is 19.9 Å². The zero-order chi connectivity index (χ0) is 13.8. The van der Waals surface area contributed by atoms with Crippen LogP contribution in [0.25, 0.3) is 0 Å². The number of pyridine rings is 1. The van der Waals surface area contributed by atoms with Crippen LogP contribution in [0.5, 0.6) is 0 Å². The molecule has 0 aliphatic carbocycles. The number of halogens is 2. The molecule has 1 heterocycles. The first-order chi connectivity index (χ1) is 9.06. The Balaban J connectivity index is 2.05. The third kappa shape index (κ3) is 4.01. The van der Waals surface area contributed by atoms with Crippen LogP contribution in [0.1, 0.15) is 11.3 Å². The molecule has 19 heavy (non-hydrogen) atoms. The van der Waals surface area contributed by atoms with E-state index in [0.29, 0.717) is 6.42 Å². The molecule has 1 aromatic carbocycles. The quantitative estimate of drug-likeness (QED) is 0.749. The normalized spacial score (nSPS) is 10.3. The van der Waals surface area contributed by atoms with Crippen LogP contribution in [0.2, 0.25) is 0 Å². The van der Waals surface area contributed by atoms with Crippen molar-refractivity contribution < 1.29 is 4.79 Å². The van der Waals surface area contributed by atoms with Crippen molar-refractivity contribution in [2.45, 2.75) is 13.3 Å². The molecular weight excluding hydrogens is 419 g/mol. The zero-order valence-corrected chi connectivity index (χ0v) is 14.0. The van der Waals surface area contributed by atoms with Crippen LogP contribution in [-0.4, -0.2) is 10.9 Å². The number of hydrogen-bond donors (Lipinski definition) is 1.